The van der Waals surface area contributed by atoms with Gasteiger partial charge >= 0.3 is 6.18 Å². The normalized spacial score (nSPS) is 24.3. The number of piperidine rings is 1. The molecule has 1 aromatic carbocycles. The van der Waals surface area contributed by atoms with Gasteiger partial charge in [-0.25, -0.2) is 0 Å². The van der Waals surface area contributed by atoms with Gasteiger partial charge in [-0.1, -0.05) is 38.1 Å². The molecule has 1 aromatic heterocycles. The molecule has 5 rings (SSSR count). The Morgan fingerprint density at radius 2 is 1.85 bits per heavy atom. The van der Waals surface area contributed by atoms with E-state index in [4.69, 9.17) is 0 Å². The predicted molar refractivity (Wildman–Crippen MR) is 124 cm³/mol. The molecule has 0 radical (unpaired) electrons. The molecule has 3 heterocycles. The Morgan fingerprint density at radius 3 is 2.50 bits per heavy atom. The predicted octanol–water partition coefficient (Wildman–Crippen LogP) is 4.60. The third-order valence-electron chi connectivity index (χ3n) is 8.14. The van der Waals surface area contributed by atoms with Crippen LogP contribution in [0.15, 0.2) is 42.6 Å². The van der Waals surface area contributed by atoms with E-state index in [-0.39, 0.29) is 29.6 Å². The average molecular weight is 473 g/mol. The van der Waals surface area contributed by atoms with Gasteiger partial charge in [0.05, 0.1) is 23.0 Å². The van der Waals surface area contributed by atoms with Crippen LogP contribution < -0.4 is 10.6 Å². The molecule has 1 aliphatic carbocycles. The lowest BCUT2D eigenvalue weighted by atomic mass is 9.77. The Bertz CT molecular complexity index is 1060. The van der Waals surface area contributed by atoms with Crippen LogP contribution in [0.4, 0.5) is 18.9 Å². The first-order chi connectivity index (χ1) is 16.1. The van der Waals surface area contributed by atoms with E-state index in [1.807, 2.05) is 12.1 Å². The van der Waals surface area contributed by atoms with Gasteiger partial charge < -0.3 is 15.5 Å². The highest BCUT2D eigenvalue weighted by atomic mass is 19.4. The van der Waals surface area contributed by atoms with Gasteiger partial charge in [0.25, 0.3) is 0 Å². The highest BCUT2D eigenvalue weighted by molar-refractivity contribution is 5.85. The molecule has 2 atom stereocenters. The topological polar surface area (TPSA) is 57.3 Å². The van der Waals surface area contributed by atoms with Crippen LogP contribution in [0.3, 0.4) is 0 Å². The summed E-state index contributed by atoms with van der Waals surface area (Å²) in [5, 5.41) is 6.67. The maximum Gasteiger partial charge on any atom is 0.414 e. The third kappa shape index (κ3) is 3.85. The second-order valence-corrected chi connectivity index (χ2v) is 10.5. The number of likely N-dealkylation sites (tertiary alicyclic amines) is 1. The molecule has 1 amide bonds. The van der Waals surface area contributed by atoms with Crippen LogP contribution in [0.1, 0.15) is 56.0 Å². The van der Waals surface area contributed by atoms with Crippen LogP contribution >= 0.6 is 0 Å². The molecule has 0 saturated carbocycles. The van der Waals surface area contributed by atoms with Gasteiger partial charge in [-0.05, 0) is 62.0 Å². The number of alkyl halides is 3. The molecule has 2 aromatic rings. The smallest absolute Gasteiger partial charge is 0.380 e. The van der Waals surface area contributed by atoms with Crippen LogP contribution in [-0.4, -0.2) is 47.6 Å². The van der Waals surface area contributed by atoms with Crippen molar-refractivity contribution in [3.05, 3.63) is 59.4 Å². The first-order valence-electron chi connectivity index (χ1n) is 12.0. The van der Waals surface area contributed by atoms with E-state index in [1.54, 1.807) is 6.07 Å². The summed E-state index contributed by atoms with van der Waals surface area (Å²) in [5.74, 6) is -0.384. The zero-order chi connectivity index (χ0) is 24.1. The van der Waals surface area contributed by atoms with Crippen molar-refractivity contribution in [1.29, 1.82) is 0 Å². The molecule has 182 valence electrons. The van der Waals surface area contributed by atoms with Crippen molar-refractivity contribution in [3.63, 3.8) is 0 Å². The minimum Gasteiger partial charge on any atom is -0.380 e. The number of hydrogen-bond donors (Lipinski definition) is 2. The van der Waals surface area contributed by atoms with Gasteiger partial charge in [-0.15, -0.1) is 0 Å². The second-order valence-electron chi connectivity index (χ2n) is 10.5. The number of pyridine rings is 1. The maximum absolute atomic E-state index is 14.2. The van der Waals surface area contributed by atoms with Gasteiger partial charge in [0.15, 0.2) is 6.04 Å². The maximum atomic E-state index is 14.2. The van der Waals surface area contributed by atoms with Crippen molar-refractivity contribution in [1.82, 2.24) is 15.2 Å². The first-order valence-corrected chi connectivity index (χ1v) is 12.0. The number of rotatable bonds is 4. The standard InChI is InChI=1S/C26H31F3N4O/c1-24(2)19-6-4-3-5-17(19)15-21(24)32-18-7-8-20(31-16-18)22(26(27,28)29)33-14-11-25(23(33)34)9-12-30-13-10-25/h3-8,16,21-22,30,32H,9-15H2,1-2H3/t21-,22-/m0/s1. The Hall–Kier alpha value is -2.61. The van der Waals surface area contributed by atoms with E-state index >= 15 is 0 Å². The van der Waals surface area contributed by atoms with E-state index in [0.29, 0.717) is 38.0 Å². The Labute approximate surface area is 198 Å². The summed E-state index contributed by atoms with van der Waals surface area (Å²) in [4.78, 5) is 18.4. The van der Waals surface area contributed by atoms with Gasteiger partial charge in [0.2, 0.25) is 5.91 Å². The number of fused-ring (bicyclic) bond motifs is 1. The molecule has 5 nitrogen and oxygen atoms in total. The number of carbonyl (C=O) groups excluding carboxylic acids is 1. The summed E-state index contributed by atoms with van der Waals surface area (Å²) >= 11 is 0. The summed E-state index contributed by atoms with van der Waals surface area (Å²) in [6.45, 7) is 5.78. The lowest BCUT2D eigenvalue weighted by Gasteiger charge is -2.35. The fraction of sp³-hybridized carbons (Fsp3) is 0.538. The second kappa shape index (κ2) is 8.26. The number of benzene rings is 1. The molecular formula is C26H31F3N4O. The number of carbonyl (C=O) groups is 1. The molecule has 8 heteroatoms. The first kappa shape index (κ1) is 23.1. The SMILES string of the molecule is CC1(C)c2ccccc2C[C@@H]1Nc1ccc([C@H](N2CCC3(CCNCC3)C2=O)C(F)(F)F)nc1. The molecule has 2 fully saturated rings. The van der Waals surface area contributed by atoms with Crippen LogP contribution in [0.2, 0.25) is 0 Å². The number of hydrogen-bond acceptors (Lipinski definition) is 4. The average Bonchev–Trinajstić information content (AvgIpc) is 3.23. The molecule has 0 bridgehead atoms. The van der Waals surface area contributed by atoms with Crippen molar-refractivity contribution < 1.29 is 18.0 Å². The van der Waals surface area contributed by atoms with Gasteiger partial charge in [0.1, 0.15) is 0 Å². The molecule has 3 aliphatic rings. The summed E-state index contributed by atoms with van der Waals surface area (Å²) in [7, 11) is 0. The van der Waals surface area contributed by atoms with E-state index in [1.165, 1.54) is 23.4 Å². The fourth-order valence-corrected chi connectivity index (χ4v) is 6.04. The monoisotopic (exact) mass is 472 g/mol. The number of halogens is 3. The summed E-state index contributed by atoms with van der Waals surface area (Å²) < 4.78 is 42.6. The van der Waals surface area contributed by atoms with Gasteiger partial charge in [-0.3, -0.25) is 9.78 Å². The molecule has 2 N–H and O–H groups in total. The third-order valence-corrected chi connectivity index (χ3v) is 8.14. The van der Waals surface area contributed by atoms with Crippen LogP contribution in [-0.2, 0) is 16.6 Å². The van der Waals surface area contributed by atoms with E-state index in [9.17, 15) is 18.0 Å². The molecular weight excluding hydrogens is 441 g/mol. The Kier molecular flexibility index (Phi) is 5.62. The van der Waals surface area contributed by atoms with Crippen LogP contribution in [0, 0.1) is 5.41 Å². The van der Waals surface area contributed by atoms with Crippen molar-refractivity contribution in [2.45, 2.75) is 63.2 Å². The highest BCUT2D eigenvalue weighted by Crippen LogP contribution is 2.47. The van der Waals surface area contributed by atoms with Crippen molar-refractivity contribution in [2.75, 3.05) is 25.0 Å². The molecule has 0 unspecified atom stereocenters. The highest BCUT2D eigenvalue weighted by Gasteiger charge is 2.55. The number of nitrogens with one attached hydrogen (secondary N) is 2. The minimum atomic E-state index is -4.59. The molecule has 2 saturated heterocycles. The lowest BCUT2D eigenvalue weighted by molar-refractivity contribution is -0.191. The summed E-state index contributed by atoms with van der Waals surface area (Å²) in [5.41, 5.74) is 2.33. The molecule has 1 spiro atoms. The van der Waals surface area contributed by atoms with E-state index < -0.39 is 17.6 Å². The van der Waals surface area contributed by atoms with E-state index in [2.05, 4.69) is 41.6 Å². The zero-order valence-electron chi connectivity index (χ0n) is 19.6. The number of aromatic nitrogens is 1. The molecule has 34 heavy (non-hydrogen) atoms. The van der Waals surface area contributed by atoms with Gasteiger partial charge in [-0.2, -0.15) is 13.2 Å². The number of amides is 1. The molecule has 2 aliphatic heterocycles. The fourth-order valence-electron chi connectivity index (χ4n) is 6.04. The zero-order valence-corrected chi connectivity index (χ0v) is 19.6. The van der Waals surface area contributed by atoms with Crippen molar-refractivity contribution in [3.8, 4) is 0 Å². The largest absolute Gasteiger partial charge is 0.414 e. The Balaban J connectivity index is 1.35. The minimum absolute atomic E-state index is 0.107. The number of nitrogens with zero attached hydrogens (tertiary/aromatic N) is 2. The van der Waals surface area contributed by atoms with E-state index in [0.717, 1.165) is 11.3 Å². The number of anilines is 1. The van der Waals surface area contributed by atoms with Crippen molar-refractivity contribution >= 4 is 11.6 Å². The van der Waals surface area contributed by atoms with Gasteiger partial charge in [0, 0.05) is 18.0 Å². The lowest BCUT2D eigenvalue weighted by Crippen LogP contribution is -2.46. The summed E-state index contributed by atoms with van der Waals surface area (Å²) in [6, 6.07) is 9.47. The van der Waals surface area contributed by atoms with Crippen LogP contribution in [0.25, 0.3) is 0 Å². The summed E-state index contributed by atoms with van der Waals surface area (Å²) in [6.07, 6.45) is -0.642. The Morgan fingerprint density at radius 1 is 1.12 bits per heavy atom. The van der Waals surface area contributed by atoms with Crippen molar-refractivity contribution in [2.24, 2.45) is 5.41 Å². The van der Waals surface area contributed by atoms with Crippen LogP contribution in [0.5, 0.6) is 0 Å². The quantitative estimate of drug-likeness (QED) is 0.683.